The van der Waals surface area contributed by atoms with Gasteiger partial charge in [0.2, 0.25) is 11.8 Å². The summed E-state index contributed by atoms with van der Waals surface area (Å²) in [7, 11) is 0. The van der Waals surface area contributed by atoms with E-state index >= 15 is 0 Å². The van der Waals surface area contributed by atoms with Gasteiger partial charge in [-0.3, -0.25) is 14.4 Å². The van der Waals surface area contributed by atoms with E-state index in [0.717, 1.165) is 25.7 Å². The van der Waals surface area contributed by atoms with Gasteiger partial charge in [-0.2, -0.15) is 0 Å². The van der Waals surface area contributed by atoms with Crippen molar-refractivity contribution >= 4 is 17.7 Å². The first-order valence-corrected chi connectivity index (χ1v) is 10.0. The summed E-state index contributed by atoms with van der Waals surface area (Å²) in [6.45, 7) is 5.06. The number of piperidine rings is 1. The Kier molecular flexibility index (Phi) is 6.31. The minimum atomic E-state index is -0.677. The number of carbonyl (C=O) groups is 3. The van der Waals surface area contributed by atoms with Gasteiger partial charge in [-0.15, -0.1) is 0 Å². The maximum atomic E-state index is 13.0. The molecule has 152 valence electrons. The van der Waals surface area contributed by atoms with E-state index in [4.69, 9.17) is 0 Å². The van der Waals surface area contributed by atoms with Gasteiger partial charge in [0.1, 0.15) is 11.9 Å². The quantitative estimate of drug-likeness (QED) is 0.782. The fourth-order valence-corrected chi connectivity index (χ4v) is 3.48. The van der Waals surface area contributed by atoms with Gasteiger partial charge in [-0.05, 0) is 55.9 Å². The van der Waals surface area contributed by atoms with Crippen LogP contribution in [0.2, 0.25) is 0 Å². The molecule has 1 unspecified atom stereocenters. The SMILES string of the molecule is CC(C)C(NC(=O)c1ccc(F)cc1)C(=O)NC1CCN(C(=O)C2CC2)CC1. The molecule has 1 atom stereocenters. The molecule has 0 bridgehead atoms. The van der Waals surface area contributed by atoms with Crippen LogP contribution in [0.4, 0.5) is 4.39 Å². The van der Waals surface area contributed by atoms with Crippen molar-refractivity contribution in [2.75, 3.05) is 13.1 Å². The lowest BCUT2D eigenvalue weighted by Crippen LogP contribution is -2.54. The highest BCUT2D eigenvalue weighted by atomic mass is 19.1. The summed E-state index contributed by atoms with van der Waals surface area (Å²) >= 11 is 0. The Labute approximate surface area is 164 Å². The summed E-state index contributed by atoms with van der Waals surface area (Å²) in [5.74, 6) is -0.673. The van der Waals surface area contributed by atoms with E-state index in [1.165, 1.54) is 24.3 Å². The standard InChI is InChI=1S/C21H28FN3O3/c1-13(2)18(24-19(26)14-5-7-16(22)8-6-14)20(27)23-17-9-11-25(12-10-17)21(28)15-3-4-15/h5-8,13,15,17-18H,3-4,9-12H2,1-2H3,(H,23,27)(H,24,26). The molecule has 1 heterocycles. The highest BCUT2D eigenvalue weighted by Crippen LogP contribution is 2.31. The highest BCUT2D eigenvalue weighted by Gasteiger charge is 2.35. The minimum absolute atomic E-state index is 0.000253. The van der Waals surface area contributed by atoms with Gasteiger partial charge in [0.05, 0.1) is 0 Å². The van der Waals surface area contributed by atoms with Gasteiger partial charge >= 0.3 is 0 Å². The summed E-state index contributed by atoms with van der Waals surface area (Å²) in [5, 5.41) is 5.77. The zero-order valence-corrected chi connectivity index (χ0v) is 16.4. The molecule has 0 aromatic heterocycles. The minimum Gasteiger partial charge on any atom is -0.351 e. The largest absolute Gasteiger partial charge is 0.351 e. The molecule has 1 aromatic carbocycles. The molecule has 1 aromatic rings. The van der Waals surface area contributed by atoms with E-state index in [9.17, 15) is 18.8 Å². The number of hydrogen-bond acceptors (Lipinski definition) is 3. The van der Waals surface area contributed by atoms with Crippen molar-refractivity contribution in [2.24, 2.45) is 11.8 Å². The number of hydrogen-bond donors (Lipinski definition) is 2. The summed E-state index contributed by atoms with van der Waals surface area (Å²) in [6.07, 6.45) is 3.44. The van der Waals surface area contributed by atoms with Crippen LogP contribution >= 0.6 is 0 Å². The molecule has 2 N–H and O–H groups in total. The zero-order valence-electron chi connectivity index (χ0n) is 16.4. The Balaban J connectivity index is 1.52. The number of nitrogens with zero attached hydrogens (tertiary/aromatic N) is 1. The molecule has 1 saturated carbocycles. The first-order valence-electron chi connectivity index (χ1n) is 10.0. The third-order valence-corrected chi connectivity index (χ3v) is 5.42. The van der Waals surface area contributed by atoms with Crippen molar-refractivity contribution in [3.8, 4) is 0 Å². The zero-order chi connectivity index (χ0) is 20.3. The number of likely N-dealkylation sites (tertiary alicyclic amines) is 1. The van der Waals surface area contributed by atoms with E-state index < -0.39 is 17.8 Å². The molecular weight excluding hydrogens is 361 g/mol. The first kappa shape index (κ1) is 20.3. The van der Waals surface area contributed by atoms with E-state index in [-0.39, 0.29) is 29.7 Å². The number of carbonyl (C=O) groups excluding carboxylic acids is 3. The molecule has 28 heavy (non-hydrogen) atoms. The van der Waals surface area contributed by atoms with Crippen LogP contribution in [0.25, 0.3) is 0 Å². The Morgan fingerprint density at radius 2 is 1.64 bits per heavy atom. The average Bonchev–Trinajstić information content (AvgIpc) is 3.51. The first-order chi connectivity index (χ1) is 13.3. The maximum absolute atomic E-state index is 13.0. The maximum Gasteiger partial charge on any atom is 0.251 e. The van der Waals surface area contributed by atoms with E-state index in [1.807, 2.05) is 18.7 Å². The van der Waals surface area contributed by atoms with Crippen LogP contribution in [0, 0.1) is 17.7 Å². The van der Waals surface area contributed by atoms with E-state index in [1.54, 1.807) is 0 Å². The fraction of sp³-hybridized carbons (Fsp3) is 0.571. The molecule has 6 nitrogen and oxygen atoms in total. The second-order valence-corrected chi connectivity index (χ2v) is 8.08. The predicted molar refractivity (Wildman–Crippen MR) is 103 cm³/mol. The Morgan fingerprint density at radius 3 is 2.18 bits per heavy atom. The van der Waals surface area contributed by atoms with Crippen molar-refractivity contribution in [3.05, 3.63) is 35.6 Å². The second-order valence-electron chi connectivity index (χ2n) is 8.08. The molecule has 1 aliphatic carbocycles. The van der Waals surface area contributed by atoms with Gasteiger partial charge in [0.25, 0.3) is 5.91 Å². The highest BCUT2D eigenvalue weighted by molar-refractivity contribution is 5.97. The van der Waals surface area contributed by atoms with Crippen LogP contribution < -0.4 is 10.6 Å². The molecule has 3 amide bonds. The topological polar surface area (TPSA) is 78.5 Å². The van der Waals surface area contributed by atoms with Gasteiger partial charge in [0.15, 0.2) is 0 Å². The summed E-state index contributed by atoms with van der Waals surface area (Å²) in [5.41, 5.74) is 0.312. The van der Waals surface area contributed by atoms with Crippen molar-refractivity contribution in [1.82, 2.24) is 15.5 Å². The summed E-state index contributed by atoms with van der Waals surface area (Å²) in [4.78, 5) is 39.2. The van der Waals surface area contributed by atoms with Gasteiger partial charge in [-0.1, -0.05) is 13.8 Å². The smallest absolute Gasteiger partial charge is 0.251 e. The molecular formula is C21H28FN3O3. The van der Waals surface area contributed by atoms with Gasteiger partial charge < -0.3 is 15.5 Å². The molecule has 1 aliphatic heterocycles. The van der Waals surface area contributed by atoms with Crippen molar-refractivity contribution in [2.45, 2.75) is 51.6 Å². The van der Waals surface area contributed by atoms with Gasteiger partial charge in [-0.25, -0.2) is 4.39 Å². The van der Waals surface area contributed by atoms with Gasteiger partial charge in [0, 0.05) is 30.6 Å². The third kappa shape index (κ3) is 5.09. The molecule has 2 fully saturated rings. The number of benzene rings is 1. The number of nitrogens with one attached hydrogen (secondary N) is 2. The Bertz CT molecular complexity index is 723. The van der Waals surface area contributed by atoms with Crippen LogP contribution in [0.1, 0.15) is 49.9 Å². The van der Waals surface area contributed by atoms with Crippen molar-refractivity contribution in [1.29, 1.82) is 0 Å². The van der Waals surface area contributed by atoms with Crippen LogP contribution in [0.15, 0.2) is 24.3 Å². The van der Waals surface area contributed by atoms with E-state index in [2.05, 4.69) is 10.6 Å². The number of amides is 3. The third-order valence-electron chi connectivity index (χ3n) is 5.42. The Morgan fingerprint density at radius 1 is 1.04 bits per heavy atom. The van der Waals surface area contributed by atoms with Crippen LogP contribution in [0.5, 0.6) is 0 Å². The fourth-order valence-electron chi connectivity index (χ4n) is 3.48. The monoisotopic (exact) mass is 389 g/mol. The molecule has 2 aliphatic rings. The number of rotatable bonds is 6. The van der Waals surface area contributed by atoms with E-state index in [0.29, 0.717) is 18.7 Å². The van der Waals surface area contributed by atoms with Crippen molar-refractivity contribution < 1.29 is 18.8 Å². The molecule has 1 saturated heterocycles. The van der Waals surface area contributed by atoms with Crippen LogP contribution in [-0.4, -0.2) is 47.8 Å². The lowest BCUT2D eigenvalue weighted by Gasteiger charge is -2.33. The summed E-state index contributed by atoms with van der Waals surface area (Å²) < 4.78 is 13.0. The number of halogens is 1. The lowest BCUT2D eigenvalue weighted by molar-refractivity contribution is -0.133. The molecule has 0 spiro atoms. The lowest BCUT2D eigenvalue weighted by atomic mass is 10.00. The Hall–Kier alpha value is -2.44. The summed E-state index contributed by atoms with van der Waals surface area (Å²) in [6, 6.07) is 4.55. The van der Waals surface area contributed by atoms with Crippen LogP contribution in [0.3, 0.4) is 0 Å². The molecule has 0 radical (unpaired) electrons. The second kappa shape index (κ2) is 8.71. The molecule has 7 heteroatoms. The van der Waals surface area contributed by atoms with Crippen LogP contribution in [-0.2, 0) is 9.59 Å². The average molecular weight is 389 g/mol. The normalized spacial score (nSPS) is 18.6. The van der Waals surface area contributed by atoms with Crippen molar-refractivity contribution in [3.63, 3.8) is 0 Å². The molecule has 3 rings (SSSR count). The predicted octanol–water partition coefficient (Wildman–Crippen LogP) is 2.10.